The van der Waals surface area contributed by atoms with Crippen molar-refractivity contribution in [2.75, 3.05) is 31.1 Å². The first-order valence-corrected chi connectivity index (χ1v) is 16.7. The minimum absolute atomic E-state index is 0.211. The number of aliphatic hydroxyl groups is 1. The molecule has 7 nitrogen and oxygen atoms in total. The molecule has 0 unspecified atom stereocenters. The van der Waals surface area contributed by atoms with Gasteiger partial charge in [-0.3, -0.25) is 0 Å². The van der Waals surface area contributed by atoms with E-state index in [0.717, 1.165) is 22.3 Å². The number of aromatic nitrogens is 3. The van der Waals surface area contributed by atoms with E-state index in [1.54, 1.807) is 67.3 Å². The first-order chi connectivity index (χ1) is 17.7. The Kier molecular flexibility index (Phi) is 7.82. The van der Waals surface area contributed by atoms with E-state index < -0.39 is 25.7 Å². The van der Waals surface area contributed by atoms with Crippen LogP contribution in [0.1, 0.15) is 25.0 Å². The lowest BCUT2D eigenvalue weighted by Crippen LogP contribution is -2.14. The standard InChI is InChI=1S/C29H35N3O4S2/c1-22-7-10-25(11-8-22)38(34,35)32-20-27(24-18-30-31(19-24)21-36-15-16-37(4,5)6)26-17-23(9-12-28(26)32)13-14-29(2,3)33/h7-12,17-20,33H,15-16,21H2,1-6H3. The average Bonchev–Trinajstić information content (AvgIpc) is 3.44. The van der Waals surface area contributed by atoms with Crippen LogP contribution in [0.15, 0.2) is 66.0 Å². The first-order valence-electron chi connectivity index (χ1n) is 12.2. The minimum atomic E-state index is -3.85. The van der Waals surface area contributed by atoms with Crippen molar-refractivity contribution in [1.82, 2.24) is 13.8 Å². The van der Waals surface area contributed by atoms with Crippen LogP contribution in [-0.2, 0) is 21.5 Å². The SMILES string of the molecule is Cc1ccc(S(=O)(=O)n2cc(-c3cnn(COCCS(C)(C)C)c3)c3cc(C#CC(C)(C)O)ccc32)cc1. The zero-order valence-corrected chi connectivity index (χ0v) is 24.4. The lowest BCUT2D eigenvalue weighted by Gasteiger charge is -2.24. The van der Waals surface area contributed by atoms with Crippen molar-refractivity contribution >= 4 is 31.0 Å². The molecule has 2 aromatic carbocycles. The molecule has 0 amide bonds. The van der Waals surface area contributed by atoms with Crippen molar-refractivity contribution in [3.8, 4) is 23.0 Å². The van der Waals surface area contributed by atoms with Gasteiger partial charge in [0.2, 0.25) is 0 Å². The molecule has 2 aromatic heterocycles. The van der Waals surface area contributed by atoms with Gasteiger partial charge in [0.25, 0.3) is 10.0 Å². The molecule has 1 N–H and O–H groups in total. The Labute approximate surface area is 226 Å². The monoisotopic (exact) mass is 553 g/mol. The van der Waals surface area contributed by atoms with Crippen LogP contribution in [0, 0.1) is 18.8 Å². The van der Waals surface area contributed by atoms with Gasteiger partial charge in [-0.1, -0.05) is 29.5 Å². The second kappa shape index (κ2) is 10.6. The Morgan fingerprint density at radius 2 is 1.76 bits per heavy atom. The van der Waals surface area contributed by atoms with Crippen LogP contribution in [-0.4, -0.2) is 64.0 Å². The summed E-state index contributed by atoms with van der Waals surface area (Å²) in [4.78, 5) is 0.211. The number of ether oxygens (including phenoxy) is 1. The van der Waals surface area contributed by atoms with Gasteiger partial charge in [0.15, 0.2) is 0 Å². The Bertz CT molecular complexity index is 1610. The molecule has 4 rings (SSSR count). The highest BCUT2D eigenvalue weighted by atomic mass is 32.3. The molecule has 0 aliphatic carbocycles. The Morgan fingerprint density at radius 3 is 2.42 bits per heavy atom. The van der Waals surface area contributed by atoms with Crippen LogP contribution < -0.4 is 0 Å². The molecule has 38 heavy (non-hydrogen) atoms. The quantitative estimate of drug-likeness (QED) is 0.249. The summed E-state index contributed by atoms with van der Waals surface area (Å²) >= 11 is 0. The average molecular weight is 554 g/mol. The summed E-state index contributed by atoms with van der Waals surface area (Å²) in [7, 11) is -4.49. The molecule has 0 atom stereocenters. The fourth-order valence-corrected chi connectivity index (χ4v) is 5.78. The summed E-state index contributed by atoms with van der Waals surface area (Å²) in [6.45, 7) is 6.13. The maximum Gasteiger partial charge on any atom is 0.268 e. The van der Waals surface area contributed by atoms with Crippen molar-refractivity contribution < 1.29 is 18.3 Å². The summed E-state index contributed by atoms with van der Waals surface area (Å²) in [5.41, 5.74) is 2.53. The molecule has 4 aromatic rings. The van der Waals surface area contributed by atoms with Crippen LogP contribution in [0.25, 0.3) is 22.0 Å². The van der Waals surface area contributed by atoms with E-state index in [1.807, 2.05) is 19.2 Å². The predicted octanol–water partition coefficient (Wildman–Crippen LogP) is 4.84. The molecule has 0 saturated heterocycles. The van der Waals surface area contributed by atoms with E-state index in [2.05, 4.69) is 35.7 Å². The summed E-state index contributed by atoms with van der Waals surface area (Å²) in [5.74, 6) is 6.83. The maximum absolute atomic E-state index is 13.7. The second-order valence-electron chi connectivity index (χ2n) is 10.8. The van der Waals surface area contributed by atoms with Crippen LogP contribution in [0.2, 0.25) is 0 Å². The van der Waals surface area contributed by atoms with Gasteiger partial charge in [-0.25, -0.2) is 27.1 Å². The minimum Gasteiger partial charge on any atom is -0.378 e. The lowest BCUT2D eigenvalue weighted by atomic mass is 10.0. The lowest BCUT2D eigenvalue weighted by molar-refractivity contribution is 0.0809. The highest BCUT2D eigenvalue weighted by Gasteiger charge is 2.23. The third kappa shape index (κ3) is 6.69. The molecule has 0 saturated carbocycles. The molecule has 202 valence electrons. The summed E-state index contributed by atoms with van der Waals surface area (Å²) in [6.07, 6.45) is 12.0. The molecule has 0 aliphatic heterocycles. The highest BCUT2D eigenvalue weighted by molar-refractivity contribution is 8.32. The van der Waals surface area contributed by atoms with Crippen molar-refractivity contribution in [3.05, 3.63) is 72.2 Å². The van der Waals surface area contributed by atoms with Crippen LogP contribution in [0.5, 0.6) is 0 Å². The molecule has 0 fully saturated rings. The Balaban J connectivity index is 1.77. The van der Waals surface area contributed by atoms with Crippen molar-refractivity contribution in [2.45, 2.75) is 38.0 Å². The number of hydrogen-bond acceptors (Lipinski definition) is 5. The van der Waals surface area contributed by atoms with Crippen molar-refractivity contribution in [2.24, 2.45) is 0 Å². The maximum atomic E-state index is 13.7. The zero-order chi connectivity index (χ0) is 27.7. The normalized spacial score (nSPS) is 12.9. The van der Waals surface area contributed by atoms with E-state index in [1.165, 1.54) is 3.97 Å². The fourth-order valence-electron chi connectivity index (χ4n) is 3.80. The molecule has 0 radical (unpaired) electrons. The van der Waals surface area contributed by atoms with E-state index in [9.17, 15) is 13.5 Å². The predicted molar refractivity (Wildman–Crippen MR) is 156 cm³/mol. The van der Waals surface area contributed by atoms with Gasteiger partial charge in [-0.05, 0) is 69.9 Å². The highest BCUT2D eigenvalue weighted by Crippen LogP contribution is 2.35. The van der Waals surface area contributed by atoms with Gasteiger partial charge < -0.3 is 9.84 Å². The number of rotatable bonds is 8. The third-order valence-electron chi connectivity index (χ3n) is 5.87. The topological polar surface area (TPSA) is 86.4 Å². The van der Waals surface area contributed by atoms with Crippen molar-refractivity contribution in [1.29, 1.82) is 0 Å². The zero-order valence-electron chi connectivity index (χ0n) is 22.7. The molecule has 0 aliphatic rings. The van der Waals surface area contributed by atoms with Gasteiger partial charge in [0.05, 0.1) is 23.2 Å². The van der Waals surface area contributed by atoms with E-state index in [-0.39, 0.29) is 4.90 Å². The van der Waals surface area contributed by atoms with Crippen LogP contribution in [0.3, 0.4) is 0 Å². The number of benzene rings is 2. The molecular formula is C29H35N3O4S2. The summed E-state index contributed by atoms with van der Waals surface area (Å²) < 4.78 is 36.2. The number of fused-ring (bicyclic) bond motifs is 1. The van der Waals surface area contributed by atoms with Gasteiger partial charge in [0.1, 0.15) is 12.3 Å². The summed E-state index contributed by atoms with van der Waals surface area (Å²) in [6, 6.07) is 12.2. The number of aryl methyl sites for hydroxylation is 1. The summed E-state index contributed by atoms with van der Waals surface area (Å²) in [5, 5.41) is 15.2. The van der Waals surface area contributed by atoms with Gasteiger partial charge in [-0.2, -0.15) is 5.10 Å². The Morgan fingerprint density at radius 1 is 1.05 bits per heavy atom. The smallest absolute Gasteiger partial charge is 0.268 e. The molecule has 0 spiro atoms. The van der Waals surface area contributed by atoms with Gasteiger partial charge in [-0.15, -0.1) is 0 Å². The Hall–Kier alpha value is -3.03. The van der Waals surface area contributed by atoms with Gasteiger partial charge >= 0.3 is 0 Å². The van der Waals surface area contributed by atoms with Crippen molar-refractivity contribution in [3.63, 3.8) is 0 Å². The largest absolute Gasteiger partial charge is 0.378 e. The third-order valence-corrected chi connectivity index (χ3v) is 8.95. The van der Waals surface area contributed by atoms with Gasteiger partial charge in [0, 0.05) is 40.2 Å². The number of hydrogen-bond donors (Lipinski definition) is 1. The van der Waals surface area contributed by atoms with Crippen LogP contribution >= 0.6 is 10.0 Å². The molecule has 9 heteroatoms. The first kappa shape index (κ1) is 28.0. The fraction of sp³-hybridized carbons (Fsp3) is 0.345. The molecule has 2 heterocycles. The number of nitrogens with zero attached hydrogens (tertiary/aromatic N) is 3. The molecule has 0 bridgehead atoms. The van der Waals surface area contributed by atoms with E-state index >= 15 is 0 Å². The van der Waals surface area contributed by atoms with E-state index in [0.29, 0.717) is 30.0 Å². The van der Waals surface area contributed by atoms with E-state index in [4.69, 9.17) is 4.74 Å². The molecular weight excluding hydrogens is 518 g/mol. The van der Waals surface area contributed by atoms with Crippen LogP contribution in [0.4, 0.5) is 0 Å². The second-order valence-corrected chi connectivity index (χ2v) is 17.2.